The van der Waals surface area contributed by atoms with E-state index in [-0.39, 0.29) is 11.4 Å². The molecule has 2 aromatic rings. The van der Waals surface area contributed by atoms with Crippen LogP contribution in [0.5, 0.6) is 0 Å². The lowest BCUT2D eigenvalue weighted by Crippen LogP contribution is -2.15. The number of carbonyl (C=O) groups is 1. The van der Waals surface area contributed by atoms with Gasteiger partial charge in [0.1, 0.15) is 11.5 Å². The number of nitrogens with one attached hydrogen (secondary N) is 2. The van der Waals surface area contributed by atoms with Crippen LogP contribution in [-0.4, -0.2) is 17.4 Å². The lowest BCUT2D eigenvalue weighted by Gasteiger charge is -2.08. The molecule has 0 unspecified atom stereocenters. The first-order valence-electron chi connectivity index (χ1n) is 6.06. The summed E-state index contributed by atoms with van der Waals surface area (Å²) in [6.45, 7) is 2.70. The molecule has 4 nitrogen and oxygen atoms in total. The van der Waals surface area contributed by atoms with Crippen molar-refractivity contribution in [1.29, 1.82) is 0 Å². The monoisotopic (exact) mass is 337 g/mol. The van der Waals surface area contributed by atoms with Crippen LogP contribution in [-0.2, 0) is 0 Å². The van der Waals surface area contributed by atoms with Crippen molar-refractivity contribution in [2.24, 2.45) is 0 Å². The van der Waals surface area contributed by atoms with Gasteiger partial charge in [0.05, 0.1) is 5.69 Å². The van der Waals surface area contributed by atoms with E-state index in [0.717, 1.165) is 12.2 Å². The predicted molar refractivity (Wildman–Crippen MR) is 80.5 cm³/mol. The van der Waals surface area contributed by atoms with E-state index in [2.05, 4.69) is 31.5 Å². The van der Waals surface area contributed by atoms with Crippen molar-refractivity contribution in [1.82, 2.24) is 4.98 Å². The molecular formula is C14H13BrFN3O. The first kappa shape index (κ1) is 14.5. The van der Waals surface area contributed by atoms with Gasteiger partial charge in [-0.25, -0.2) is 4.39 Å². The zero-order valence-corrected chi connectivity index (χ0v) is 12.4. The number of amides is 1. The molecule has 0 spiro atoms. The van der Waals surface area contributed by atoms with Crippen LogP contribution in [0.3, 0.4) is 0 Å². The van der Waals surface area contributed by atoms with Gasteiger partial charge >= 0.3 is 0 Å². The van der Waals surface area contributed by atoms with Crippen LogP contribution in [0.2, 0.25) is 0 Å². The molecule has 20 heavy (non-hydrogen) atoms. The number of anilines is 2. The number of rotatable bonds is 4. The molecule has 1 aromatic heterocycles. The fourth-order valence-corrected chi connectivity index (χ4v) is 1.98. The molecule has 1 amide bonds. The normalized spacial score (nSPS) is 10.2. The van der Waals surface area contributed by atoms with Gasteiger partial charge in [0, 0.05) is 22.9 Å². The van der Waals surface area contributed by atoms with E-state index in [9.17, 15) is 9.18 Å². The molecule has 1 heterocycles. The topological polar surface area (TPSA) is 54.0 Å². The summed E-state index contributed by atoms with van der Waals surface area (Å²) in [6, 6.07) is 7.82. The van der Waals surface area contributed by atoms with Crippen molar-refractivity contribution in [2.75, 3.05) is 17.2 Å². The number of pyridine rings is 1. The predicted octanol–water partition coefficient (Wildman–Crippen LogP) is 3.67. The second kappa shape index (κ2) is 6.47. The molecule has 0 aliphatic carbocycles. The third kappa shape index (κ3) is 3.54. The summed E-state index contributed by atoms with van der Waals surface area (Å²) in [6.07, 6.45) is 1.53. The van der Waals surface area contributed by atoms with E-state index in [1.807, 2.05) is 6.92 Å². The molecule has 0 fully saturated rings. The minimum atomic E-state index is -0.504. The molecule has 0 atom stereocenters. The van der Waals surface area contributed by atoms with Crippen LogP contribution in [0.15, 0.2) is 41.0 Å². The average molecular weight is 338 g/mol. The van der Waals surface area contributed by atoms with Gasteiger partial charge in [-0.15, -0.1) is 0 Å². The number of halogens is 2. The van der Waals surface area contributed by atoms with Gasteiger partial charge in [-0.2, -0.15) is 0 Å². The highest BCUT2D eigenvalue weighted by molar-refractivity contribution is 9.10. The van der Waals surface area contributed by atoms with Crippen molar-refractivity contribution in [3.05, 3.63) is 52.5 Å². The highest BCUT2D eigenvalue weighted by Crippen LogP contribution is 2.20. The highest BCUT2D eigenvalue weighted by Gasteiger charge is 2.11. The molecule has 0 radical (unpaired) electrons. The maximum absolute atomic E-state index is 13.6. The fourth-order valence-electron chi connectivity index (χ4n) is 1.65. The first-order chi connectivity index (χ1) is 9.60. The lowest BCUT2D eigenvalue weighted by atomic mass is 10.2. The Morgan fingerprint density at radius 3 is 2.85 bits per heavy atom. The second-order valence-electron chi connectivity index (χ2n) is 4.04. The Kier molecular flexibility index (Phi) is 4.68. The number of hydrogen-bond donors (Lipinski definition) is 2. The molecule has 0 aliphatic rings. The van der Waals surface area contributed by atoms with Gasteiger partial charge in [-0.3, -0.25) is 9.78 Å². The Hall–Kier alpha value is -1.95. The minimum absolute atomic E-state index is 0.119. The van der Waals surface area contributed by atoms with E-state index >= 15 is 0 Å². The number of nitrogens with zero attached hydrogens (tertiary/aromatic N) is 1. The van der Waals surface area contributed by atoms with Crippen molar-refractivity contribution in [3.8, 4) is 0 Å². The SMILES string of the molecule is CCNc1ccnc(C(=O)Nc2ccc(Br)cc2F)c1. The maximum atomic E-state index is 13.6. The number of carbonyl (C=O) groups excluding carboxylic acids is 1. The molecule has 0 saturated heterocycles. The van der Waals surface area contributed by atoms with Crippen molar-refractivity contribution >= 4 is 33.2 Å². The van der Waals surface area contributed by atoms with E-state index in [4.69, 9.17) is 0 Å². The smallest absolute Gasteiger partial charge is 0.274 e. The Bertz CT molecular complexity index is 634. The molecule has 2 N–H and O–H groups in total. The zero-order chi connectivity index (χ0) is 14.5. The van der Waals surface area contributed by atoms with Crippen molar-refractivity contribution in [2.45, 2.75) is 6.92 Å². The molecule has 6 heteroatoms. The maximum Gasteiger partial charge on any atom is 0.274 e. The zero-order valence-electron chi connectivity index (χ0n) is 10.8. The van der Waals surface area contributed by atoms with E-state index in [1.54, 1.807) is 18.2 Å². The van der Waals surface area contributed by atoms with Gasteiger partial charge in [-0.1, -0.05) is 15.9 Å². The second-order valence-corrected chi connectivity index (χ2v) is 4.95. The summed E-state index contributed by atoms with van der Waals surface area (Å²) < 4.78 is 14.3. The average Bonchev–Trinajstić information content (AvgIpc) is 2.42. The third-order valence-corrected chi connectivity index (χ3v) is 3.05. The molecule has 104 valence electrons. The summed E-state index contributed by atoms with van der Waals surface area (Å²) in [7, 11) is 0. The van der Waals surface area contributed by atoms with Crippen LogP contribution < -0.4 is 10.6 Å². The van der Waals surface area contributed by atoms with Crippen LogP contribution >= 0.6 is 15.9 Å². The number of hydrogen-bond acceptors (Lipinski definition) is 3. The molecular weight excluding hydrogens is 325 g/mol. The molecule has 2 rings (SSSR count). The van der Waals surface area contributed by atoms with E-state index in [1.165, 1.54) is 18.3 Å². The summed E-state index contributed by atoms with van der Waals surface area (Å²) in [4.78, 5) is 16.0. The minimum Gasteiger partial charge on any atom is -0.385 e. The molecule has 0 aliphatic heterocycles. The molecule has 0 saturated carbocycles. The largest absolute Gasteiger partial charge is 0.385 e. The summed E-state index contributed by atoms with van der Waals surface area (Å²) in [5.74, 6) is -0.957. The summed E-state index contributed by atoms with van der Waals surface area (Å²) >= 11 is 3.16. The fraction of sp³-hybridized carbons (Fsp3) is 0.143. The van der Waals surface area contributed by atoms with Crippen LogP contribution in [0, 0.1) is 5.82 Å². The van der Waals surface area contributed by atoms with Crippen LogP contribution in [0.1, 0.15) is 17.4 Å². The highest BCUT2D eigenvalue weighted by atomic mass is 79.9. The first-order valence-corrected chi connectivity index (χ1v) is 6.85. The van der Waals surface area contributed by atoms with Gasteiger partial charge in [0.2, 0.25) is 0 Å². The van der Waals surface area contributed by atoms with Crippen LogP contribution in [0.25, 0.3) is 0 Å². The third-order valence-electron chi connectivity index (χ3n) is 2.55. The van der Waals surface area contributed by atoms with Gasteiger partial charge in [0.25, 0.3) is 5.91 Å². The van der Waals surface area contributed by atoms with Crippen molar-refractivity contribution < 1.29 is 9.18 Å². The Labute approximate surface area is 124 Å². The van der Waals surface area contributed by atoms with Gasteiger partial charge < -0.3 is 10.6 Å². The van der Waals surface area contributed by atoms with Gasteiger partial charge in [-0.05, 0) is 37.3 Å². The van der Waals surface area contributed by atoms with Crippen LogP contribution in [0.4, 0.5) is 15.8 Å². The number of benzene rings is 1. The van der Waals surface area contributed by atoms with E-state index in [0.29, 0.717) is 4.47 Å². The Balaban J connectivity index is 2.17. The Morgan fingerprint density at radius 1 is 1.35 bits per heavy atom. The van der Waals surface area contributed by atoms with Crippen molar-refractivity contribution in [3.63, 3.8) is 0 Å². The standard InChI is InChI=1S/C14H13BrFN3O/c1-2-17-10-5-6-18-13(8-10)14(20)19-12-4-3-9(15)7-11(12)16/h3-8H,2H2,1H3,(H,17,18)(H,19,20). The molecule has 1 aromatic carbocycles. The quantitative estimate of drug-likeness (QED) is 0.894. The number of aromatic nitrogens is 1. The Morgan fingerprint density at radius 2 is 2.15 bits per heavy atom. The summed E-state index contributed by atoms with van der Waals surface area (Å²) in [5.41, 5.74) is 1.14. The van der Waals surface area contributed by atoms with E-state index < -0.39 is 11.7 Å². The molecule has 0 bridgehead atoms. The lowest BCUT2D eigenvalue weighted by molar-refractivity contribution is 0.102. The summed E-state index contributed by atoms with van der Waals surface area (Å²) in [5, 5.41) is 5.58. The van der Waals surface area contributed by atoms with Gasteiger partial charge in [0.15, 0.2) is 0 Å².